The minimum atomic E-state index is -0.477. The second-order valence-electron chi connectivity index (χ2n) is 6.27. The highest BCUT2D eigenvalue weighted by Crippen LogP contribution is 2.20. The highest BCUT2D eigenvalue weighted by Gasteiger charge is 2.28. The van der Waals surface area contributed by atoms with Gasteiger partial charge in [-0.15, -0.1) is 0 Å². The van der Waals surface area contributed by atoms with Crippen molar-refractivity contribution >= 4 is 6.03 Å². The van der Waals surface area contributed by atoms with Crippen LogP contribution in [0, 0.1) is 5.92 Å². The van der Waals surface area contributed by atoms with E-state index in [1.807, 2.05) is 37.3 Å². The summed E-state index contributed by atoms with van der Waals surface area (Å²) < 4.78 is 5.26. The highest BCUT2D eigenvalue weighted by atomic mass is 16.5. The smallest absolute Gasteiger partial charge is 0.318 e. The van der Waals surface area contributed by atoms with Crippen LogP contribution in [-0.2, 0) is 0 Å². The third-order valence-corrected chi connectivity index (χ3v) is 4.40. The summed E-state index contributed by atoms with van der Waals surface area (Å²) in [4.78, 5) is 18.3. The topological polar surface area (TPSA) is 91.5 Å². The summed E-state index contributed by atoms with van der Waals surface area (Å²) in [5, 5.41) is 16.7. The number of piperidine rings is 1. The van der Waals surface area contributed by atoms with Crippen LogP contribution in [0.1, 0.15) is 32.1 Å². The van der Waals surface area contributed by atoms with E-state index in [1.165, 1.54) is 0 Å². The minimum absolute atomic E-state index is 0.220. The van der Waals surface area contributed by atoms with E-state index < -0.39 is 6.10 Å². The first kappa shape index (κ1) is 16.4. The molecule has 2 heterocycles. The normalized spacial score (nSPS) is 22.2. The van der Waals surface area contributed by atoms with Gasteiger partial charge in [-0.25, -0.2) is 4.79 Å². The van der Waals surface area contributed by atoms with Crippen LogP contribution in [0.15, 0.2) is 34.9 Å². The molecule has 1 aromatic carbocycles. The molecular formula is C17H22N4O3. The van der Waals surface area contributed by atoms with E-state index >= 15 is 0 Å². The first-order valence-corrected chi connectivity index (χ1v) is 8.17. The van der Waals surface area contributed by atoms with Crippen molar-refractivity contribution in [1.29, 1.82) is 0 Å². The number of aromatic nitrogens is 2. The van der Waals surface area contributed by atoms with Crippen molar-refractivity contribution in [3.05, 3.63) is 36.2 Å². The van der Waals surface area contributed by atoms with E-state index in [2.05, 4.69) is 15.5 Å². The maximum atomic E-state index is 12.3. The molecule has 7 heteroatoms. The number of likely N-dealkylation sites (tertiary alicyclic amines) is 1. The van der Waals surface area contributed by atoms with Gasteiger partial charge in [0.25, 0.3) is 5.89 Å². The van der Waals surface area contributed by atoms with Gasteiger partial charge < -0.3 is 19.8 Å². The average molecular weight is 330 g/mol. The molecule has 2 N–H and O–H groups in total. The molecule has 3 rings (SSSR count). The Bertz CT molecular complexity index is 688. The molecule has 0 spiro atoms. The molecular weight excluding hydrogens is 308 g/mol. The van der Waals surface area contributed by atoms with Gasteiger partial charge in [0, 0.05) is 18.7 Å². The Hall–Kier alpha value is -2.41. The number of nitrogens with zero attached hydrogens (tertiary/aromatic N) is 3. The van der Waals surface area contributed by atoms with Gasteiger partial charge in [-0.05, 0) is 31.4 Å². The lowest BCUT2D eigenvalue weighted by molar-refractivity contribution is 0.0430. The van der Waals surface area contributed by atoms with E-state index in [-0.39, 0.29) is 18.0 Å². The number of aliphatic hydroxyl groups excluding tert-OH is 1. The van der Waals surface area contributed by atoms with Gasteiger partial charge in [0.05, 0.1) is 12.1 Å². The zero-order chi connectivity index (χ0) is 17.1. The lowest BCUT2D eigenvalue weighted by atomic mass is 9.96. The van der Waals surface area contributed by atoms with Crippen molar-refractivity contribution in [3.8, 4) is 11.5 Å². The number of rotatable bonds is 3. The molecule has 2 aromatic rings. The zero-order valence-electron chi connectivity index (χ0n) is 13.8. The van der Waals surface area contributed by atoms with E-state index in [0.29, 0.717) is 24.8 Å². The summed E-state index contributed by atoms with van der Waals surface area (Å²) in [6.07, 6.45) is 0.318. The zero-order valence-corrected chi connectivity index (χ0v) is 13.8. The van der Waals surface area contributed by atoms with Gasteiger partial charge in [0.15, 0.2) is 5.82 Å². The van der Waals surface area contributed by atoms with E-state index in [9.17, 15) is 9.90 Å². The number of nitrogens with one attached hydrogen (secondary N) is 1. The van der Waals surface area contributed by atoms with Crippen LogP contribution in [-0.4, -0.2) is 45.4 Å². The quantitative estimate of drug-likeness (QED) is 0.900. The van der Waals surface area contributed by atoms with Crippen molar-refractivity contribution in [2.75, 3.05) is 13.1 Å². The predicted octanol–water partition coefficient (Wildman–Crippen LogP) is 2.21. The van der Waals surface area contributed by atoms with Crippen molar-refractivity contribution in [2.45, 2.75) is 32.4 Å². The summed E-state index contributed by atoms with van der Waals surface area (Å²) >= 11 is 0. The number of hydrogen-bond donors (Lipinski definition) is 2. The molecule has 0 radical (unpaired) electrons. The fourth-order valence-electron chi connectivity index (χ4n) is 2.68. The number of carbonyl (C=O) groups is 1. The molecule has 2 amide bonds. The summed E-state index contributed by atoms with van der Waals surface area (Å²) in [6, 6.07) is 8.88. The van der Waals surface area contributed by atoms with Crippen molar-refractivity contribution < 1.29 is 14.4 Å². The van der Waals surface area contributed by atoms with E-state index in [4.69, 9.17) is 4.52 Å². The summed E-state index contributed by atoms with van der Waals surface area (Å²) in [5.41, 5.74) is 0.836. The van der Waals surface area contributed by atoms with Crippen LogP contribution in [0.2, 0.25) is 0 Å². The lowest BCUT2D eigenvalue weighted by Gasteiger charge is -2.34. The van der Waals surface area contributed by atoms with Gasteiger partial charge in [-0.1, -0.05) is 30.3 Å². The molecule has 1 saturated heterocycles. The third kappa shape index (κ3) is 3.56. The standard InChI is InChI=1S/C17H22N4O3/c1-11-8-9-21(10-14(11)22)17(23)18-12(2)15-19-16(24-20-15)13-6-4-3-5-7-13/h3-7,11-12,14,22H,8-10H2,1-2H3,(H,18,23). The maximum absolute atomic E-state index is 12.3. The number of aliphatic hydroxyl groups is 1. The Morgan fingerprint density at radius 2 is 2.17 bits per heavy atom. The van der Waals surface area contributed by atoms with E-state index in [1.54, 1.807) is 11.8 Å². The van der Waals surface area contributed by atoms with Crippen LogP contribution in [0.3, 0.4) is 0 Å². The van der Waals surface area contributed by atoms with E-state index in [0.717, 1.165) is 12.0 Å². The van der Waals surface area contributed by atoms with Gasteiger partial charge in [0.1, 0.15) is 0 Å². The summed E-state index contributed by atoms with van der Waals surface area (Å²) in [7, 11) is 0. The van der Waals surface area contributed by atoms with Gasteiger partial charge in [-0.2, -0.15) is 4.98 Å². The highest BCUT2D eigenvalue weighted by molar-refractivity contribution is 5.74. The first-order chi connectivity index (χ1) is 11.5. The molecule has 3 unspecified atom stereocenters. The number of urea groups is 1. The van der Waals surface area contributed by atoms with Crippen molar-refractivity contribution in [3.63, 3.8) is 0 Å². The Balaban J connectivity index is 1.62. The van der Waals surface area contributed by atoms with Crippen LogP contribution in [0.5, 0.6) is 0 Å². The van der Waals surface area contributed by atoms with Gasteiger partial charge in [-0.3, -0.25) is 0 Å². The maximum Gasteiger partial charge on any atom is 0.318 e. The van der Waals surface area contributed by atoms with Gasteiger partial charge in [0.2, 0.25) is 0 Å². The number of β-amino-alcohol motifs (C(OH)–C–C–N with tert-alkyl or cyclic N) is 1. The number of carbonyl (C=O) groups excluding carboxylic acids is 1. The number of hydrogen-bond acceptors (Lipinski definition) is 5. The molecule has 0 bridgehead atoms. The molecule has 0 saturated carbocycles. The lowest BCUT2D eigenvalue weighted by Crippen LogP contribution is -2.50. The van der Waals surface area contributed by atoms with Crippen LogP contribution in [0.4, 0.5) is 4.79 Å². The Morgan fingerprint density at radius 3 is 2.88 bits per heavy atom. The summed E-state index contributed by atoms with van der Waals surface area (Å²) in [6.45, 7) is 4.78. The fraction of sp³-hybridized carbons (Fsp3) is 0.471. The molecule has 1 aliphatic rings. The molecule has 7 nitrogen and oxygen atoms in total. The molecule has 1 aliphatic heterocycles. The van der Waals surface area contributed by atoms with Crippen molar-refractivity contribution in [1.82, 2.24) is 20.4 Å². The monoisotopic (exact) mass is 330 g/mol. The third-order valence-electron chi connectivity index (χ3n) is 4.40. The minimum Gasteiger partial charge on any atom is -0.391 e. The average Bonchev–Trinajstić information content (AvgIpc) is 3.08. The van der Waals surface area contributed by atoms with Crippen LogP contribution >= 0.6 is 0 Å². The van der Waals surface area contributed by atoms with Crippen LogP contribution in [0.25, 0.3) is 11.5 Å². The number of benzene rings is 1. The molecule has 3 atom stereocenters. The molecule has 0 aliphatic carbocycles. The Morgan fingerprint density at radius 1 is 1.42 bits per heavy atom. The van der Waals surface area contributed by atoms with Crippen LogP contribution < -0.4 is 5.32 Å². The molecule has 1 fully saturated rings. The van der Waals surface area contributed by atoms with Crippen molar-refractivity contribution in [2.24, 2.45) is 5.92 Å². The SMILES string of the molecule is CC(NC(=O)N1CCC(C)C(O)C1)c1noc(-c2ccccc2)n1. The second kappa shape index (κ2) is 7.00. The molecule has 1 aromatic heterocycles. The largest absolute Gasteiger partial charge is 0.391 e. The predicted molar refractivity (Wildman–Crippen MR) is 88.0 cm³/mol. The first-order valence-electron chi connectivity index (χ1n) is 8.17. The fourth-order valence-corrected chi connectivity index (χ4v) is 2.68. The molecule has 128 valence electrons. The Kier molecular flexibility index (Phi) is 4.80. The summed E-state index contributed by atoms with van der Waals surface area (Å²) in [5.74, 6) is 1.07. The van der Waals surface area contributed by atoms with Gasteiger partial charge >= 0.3 is 6.03 Å². The molecule has 24 heavy (non-hydrogen) atoms. The second-order valence-corrected chi connectivity index (χ2v) is 6.27. The number of amides is 2. The Labute approximate surface area is 140 Å².